The Balaban J connectivity index is 4.05. The van der Waals surface area contributed by atoms with Gasteiger partial charge in [-0.05, 0) is 122 Å². The molecule has 0 amide bonds. The van der Waals surface area contributed by atoms with Gasteiger partial charge in [-0.25, -0.2) is 4.79 Å². The summed E-state index contributed by atoms with van der Waals surface area (Å²) in [6.07, 6.45) is 116. The Labute approximate surface area is 623 Å². The number of quaternary nitrogens is 1. The van der Waals surface area contributed by atoms with Gasteiger partial charge < -0.3 is 28.5 Å². The molecule has 0 fully saturated rings. The summed E-state index contributed by atoms with van der Waals surface area (Å²) in [6, 6.07) is 0. The van der Waals surface area contributed by atoms with Crippen LogP contribution in [-0.4, -0.2) is 87.4 Å². The summed E-state index contributed by atoms with van der Waals surface area (Å²) in [5.74, 6) is -2.00. The monoisotopic (exact) mass is 1410 g/mol. The van der Waals surface area contributed by atoms with Gasteiger partial charge in [0.1, 0.15) is 13.2 Å². The number of carboxylic acids is 1. The molecule has 0 radical (unpaired) electrons. The van der Waals surface area contributed by atoms with Crippen LogP contribution in [-0.2, 0) is 33.3 Å². The lowest BCUT2D eigenvalue weighted by atomic mass is 10.0. The third-order valence-electron chi connectivity index (χ3n) is 18.1. The average Bonchev–Trinajstić information content (AvgIpc) is 1.21. The van der Waals surface area contributed by atoms with Crippen LogP contribution in [0.25, 0.3) is 0 Å². The first-order valence-electron chi connectivity index (χ1n) is 42.0. The molecular formula is C92H158NO8+. The normalized spacial score (nSPS) is 13.4. The quantitative estimate of drug-likeness (QED) is 0.0211. The van der Waals surface area contributed by atoms with Gasteiger partial charge in [0.2, 0.25) is 0 Å². The number of carboxylic acid groups (broad SMARTS) is 1. The number of likely N-dealkylation sites (N-methyl/N-ethyl adjacent to an activating group) is 1. The number of aliphatic carboxylic acids is 1. The first kappa shape index (κ1) is 96.2. The van der Waals surface area contributed by atoms with Crippen LogP contribution < -0.4 is 0 Å². The van der Waals surface area contributed by atoms with Crippen molar-refractivity contribution in [3.63, 3.8) is 0 Å². The zero-order valence-electron chi connectivity index (χ0n) is 66.3. The zero-order chi connectivity index (χ0) is 73.2. The minimum Gasteiger partial charge on any atom is -0.477 e. The lowest BCUT2D eigenvalue weighted by molar-refractivity contribution is -0.870. The molecule has 0 aliphatic carbocycles. The topological polar surface area (TPSA) is 108 Å². The van der Waals surface area contributed by atoms with Crippen LogP contribution in [0.1, 0.15) is 361 Å². The van der Waals surface area contributed by atoms with Crippen molar-refractivity contribution in [2.24, 2.45) is 0 Å². The fourth-order valence-electron chi connectivity index (χ4n) is 11.7. The van der Waals surface area contributed by atoms with Crippen molar-refractivity contribution < 1.29 is 42.9 Å². The predicted molar refractivity (Wildman–Crippen MR) is 437 cm³/mol. The van der Waals surface area contributed by atoms with Gasteiger partial charge in [-0.2, -0.15) is 0 Å². The van der Waals surface area contributed by atoms with Crippen LogP contribution in [0.2, 0.25) is 0 Å². The molecule has 0 aromatic heterocycles. The van der Waals surface area contributed by atoms with E-state index >= 15 is 0 Å². The predicted octanol–water partition coefficient (Wildman–Crippen LogP) is 27.4. The van der Waals surface area contributed by atoms with Gasteiger partial charge in [-0.1, -0.05) is 372 Å². The molecule has 1 N–H and O–H groups in total. The number of unbranched alkanes of at least 4 members (excludes halogenated alkanes) is 38. The second-order valence-electron chi connectivity index (χ2n) is 29.1. The minimum atomic E-state index is -1.52. The Hall–Kier alpha value is -4.83. The Kier molecular flexibility index (Phi) is 77.0. The summed E-state index contributed by atoms with van der Waals surface area (Å²) in [5.41, 5.74) is 0. The fraction of sp³-hybridized carbons (Fsp3) is 0.707. The first-order valence-corrected chi connectivity index (χ1v) is 42.0. The van der Waals surface area contributed by atoms with Crippen molar-refractivity contribution in [3.05, 3.63) is 146 Å². The van der Waals surface area contributed by atoms with E-state index in [0.717, 1.165) is 116 Å². The van der Waals surface area contributed by atoms with Crippen molar-refractivity contribution in [2.75, 3.05) is 47.5 Å². The van der Waals surface area contributed by atoms with Gasteiger partial charge in [0.25, 0.3) is 6.29 Å². The SMILES string of the molecule is CC/C=C\C/C=C\C/C=C\C/C=C\C/C=C\C/C=C\C/C=C\C/C=C\C/C=C\C/C=C\CCCCCCCCCCCCC(=O)OC(COC(=O)CCCCCCCCCCCCCCCCCCCCCCCCC/C=C\C/C=C\CCCCCCC)COC(OCC[N+](C)(C)C)C(=O)O. The number of hydrogen-bond donors (Lipinski definition) is 1. The smallest absolute Gasteiger partial charge is 0.361 e. The first-order chi connectivity index (χ1) is 49.6. The molecule has 0 aliphatic rings. The standard InChI is InChI=1S/C92H157NO8/c1-6-8-10-12-14-16-18-20-22-24-26-28-30-32-34-36-38-40-42-43-44-45-46-47-49-51-53-55-57-59-61-63-65-67-69-71-73-75-77-79-81-83-90(95)101-88(87-100-92(91(96)97)98-85-84-93(3,4)5)86-99-89(94)82-80-78-76-74-72-70-68-66-64-62-60-58-56-54-52-50-48-41-39-37-35-33-31-29-27-25-23-21-19-17-15-13-11-9-7-2/h8,10,14,16,19-22,25-28,32,34,38,40,43-44,46-47,51,53,57,59,88,92H,6-7,9,11-13,15,17-18,23-24,29-31,33,35-37,39,41-42,45,48-50,52,54-56,58,60-87H2,1-5H3/p+1/b10-8-,16-14-,21-19-,22-20-,27-25-,28-26-,34-32-,40-38-,44-43-,47-46-,53-51-,59-57-. The maximum Gasteiger partial charge on any atom is 0.361 e. The van der Waals surface area contributed by atoms with E-state index in [9.17, 15) is 19.5 Å². The number of nitrogens with zero attached hydrogens (tertiary/aromatic N) is 1. The van der Waals surface area contributed by atoms with E-state index < -0.39 is 24.3 Å². The number of esters is 2. The highest BCUT2D eigenvalue weighted by molar-refractivity contribution is 5.71. The lowest BCUT2D eigenvalue weighted by Gasteiger charge is -2.25. The van der Waals surface area contributed by atoms with Gasteiger partial charge in [-0.3, -0.25) is 9.59 Å². The van der Waals surface area contributed by atoms with Gasteiger partial charge in [-0.15, -0.1) is 0 Å². The molecule has 0 aromatic carbocycles. The van der Waals surface area contributed by atoms with Crippen LogP contribution >= 0.6 is 0 Å². The maximum absolute atomic E-state index is 13.0. The molecular weight excluding hydrogens is 1250 g/mol. The van der Waals surface area contributed by atoms with Crippen molar-refractivity contribution in [3.8, 4) is 0 Å². The largest absolute Gasteiger partial charge is 0.477 e. The summed E-state index contributed by atoms with van der Waals surface area (Å²) < 4.78 is 23.1. The van der Waals surface area contributed by atoms with Gasteiger partial charge in [0, 0.05) is 12.8 Å². The van der Waals surface area contributed by atoms with Crippen LogP contribution in [0.15, 0.2) is 146 Å². The maximum atomic E-state index is 13.0. The van der Waals surface area contributed by atoms with Crippen molar-refractivity contribution in [1.29, 1.82) is 0 Å². The third kappa shape index (κ3) is 82.3. The molecule has 2 unspecified atom stereocenters. The molecule has 2 atom stereocenters. The number of carbonyl (C=O) groups is 3. The molecule has 578 valence electrons. The van der Waals surface area contributed by atoms with Crippen LogP contribution in [0.3, 0.4) is 0 Å². The Bertz CT molecular complexity index is 2180. The summed E-state index contributed by atoms with van der Waals surface area (Å²) in [5, 5.41) is 9.78. The number of carbonyl (C=O) groups excluding carboxylic acids is 2. The molecule has 9 heteroatoms. The molecule has 0 aliphatic heterocycles. The van der Waals surface area contributed by atoms with E-state index in [4.69, 9.17) is 18.9 Å². The van der Waals surface area contributed by atoms with Gasteiger partial charge >= 0.3 is 17.9 Å². The number of rotatable bonds is 77. The Morgan fingerprint density at radius 3 is 0.842 bits per heavy atom. The zero-order valence-corrected chi connectivity index (χ0v) is 66.3. The summed E-state index contributed by atoms with van der Waals surface area (Å²) in [7, 11) is 5.98. The fourth-order valence-corrected chi connectivity index (χ4v) is 11.7. The van der Waals surface area contributed by atoms with Crippen molar-refractivity contribution >= 4 is 17.9 Å². The Morgan fingerprint density at radius 2 is 0.564 bits per heavy atom. The lowest BCUT2D eigenvalue weighted by Crippen LogP contribution is -2.40. The molecule has 0 saturated carbocycles. The number of hydrogen-bond acceptors (Lipinski definition) is 7. The third-order valence-corrected chi connectivity index (χ3v) is 18.1. The van der Waals surface area contributed by atoms with Crippen molar-refractivity contribution in [1.82, 2.24) is 0 Å². The highest BCUT2D eigenvalue weighted by Crippen LogP contribution is 2.19. The van der Waals surface area contributed by atoms with Crippen molar-refractivity contribution in [2.45, 2.75) is 373 Å². The van der Waals surface area contributed by atoms with E-state index in [0.29, 0.717) is 23.9 Å². The number of allylic oxidation sites excluding steroid dienone is 24. The number of ether oxygens (including phenoxy) is 4. The molecule has 0 spiro atoms. The van der Waals surface area contributed by atoms with Gasteiger partial charge in [0.05, 0.1) is 34.4 Å². The van der Waals surface area contributed by atoms with Gasteiger partial charge in [0.15, 0.2) is 6.10 Å². The van der Waals surface area contributed by atoms with E-state index in [1.165, 1.54) is 212 Å². The Morgan fingerprint density at radius 1 is 0.307 bits per heavy atom. The van der Waals surface area contributed by atoms with Crippen LogP contribution in [0.4, 0.5) is 0 Å². The summed E-state index contributed by atoms with van der Waals surface area (Å²) in [4.78, 5) is 37.8. The van der Waals surface area contributed by atoms with E-state index in [2.05, 4.69) is 160 Å². The van der Waals surface area contributed by atoms with E-state index in [1.807, 2.05) is 21.1 Å². The molecule has 9 nitrogen and oxygen atoms in total. The van der Waals surface area contributed by atoms with Crippen LogP contribution in [0.5, 0.6) is 0 Å². The highest BCUT2D eigenvalue weighted by atomic mass is 16.7. The minimum absolute atomic E-state index is 0.182. The molecule has 101 heavy (non-hydrogen) atoms. The average molecular weight is 1410 g/mol. The van der Waals surface area contributed by atoms with E-state index in [1.54, 1.807) is 0 Å². The highest BCUT2D eigenvalue weighted by Gasteiger charge is 2.25. The summed E-state index contributed by atoms with van der Waals surface area (Å²) in [6.45, 7) is 4.78. The molecule has 0 aromatic rings. The second kappa shape index (κ2) is 80.8. The summed E-state index contributed by atoms with van der Waals surface area (Å²) >= 11 is 0. The molecule has 0 rings (SSSR count). The van der Waals surface area contributed by atoms with E-state index in [-0.39, 0.29) is 32.2 Å². The molecule has 0 saturated heterocycles. The van der Waals surface area contributed by atoms with Crippen LogP contribution in [0, 0.1) is 0 Å². The molecule has 0 bridgehead atoms. The second-order valence-corrected chi connectivity index (χ2v) is 29.1. The molecule has 0 heterocycles.